The van der Waals surface area contributed by atoms with Gasteiger partial charge in [-0.05, 0) is 146 Å². The normalized spacial score (nSPS) is 11.7. The first-order valence-corrected chi connectivity index (χ1v) is 22.4. The maximum Gasteiger partial charge on any atom is 0.136 e. The van der Waals surface area contributed by atoms with Crippen LogP contribution in [-0.4, -0.2) is 0 Å². The van der Waals surface area contributed by atoms with Crippen molar-refractivity contribution >= 4 is 65.0 Å². The minimum Gasteiger partial charge on any atom is -0.456 e. The molecule has 12 aromatic carbocycles. The molecule has 302 valence electrons. The van der Waals surface area contributed by atoms with Gasteiger partial charge in [0.25, 0.3) is 0 Å². The maximum atomic E-state index is 6.92. The molecule has 1 nitrogen and oxygen atoms in total. The van der Waals surface area contributed by atoms with Crippen molar-refractivity contribution in [3.8, 4) is 66.8 Å². The Bertz CT molecular complexity index is 3800. The summed E-state index contributed by atoms with van der Waals surface area (Å²) in [6.45, 7) is 0. The molecule has 0 amide bonds. The van der Waals surface area contributed by atoms with Gasteiger partial charge >= 0.3 is 0 Å². The van der Waals surface area contributed by atoms with E-state index in [2.05, 4.69) is 243 Å². The minimum atomic E-state index is 0.875. The Balaban J connectivity index is 1.03. The van der Waals surface area contributed by atoms with Gasteiger partial charge in [0.15, 0.2) is 0 Å². The average Bonchev–Trinajstić information content (AvgIpc) is 3.76. The van der Waals surface area contributed by atoms with Crippen LogP contribution < -0.4 is 0 Å². The third-order valence-corrected chi connectivity index (χ3v) is 13.4. The molecule has 0 unspecified atom stereocenters. The standard InChI is InChI=1S/C64H40O/c1-4-19-41(20-5-1)45-37-46(42-21-6-2-7-22-42)39-47(38-45)62-50-27-12-10-25-48(50)61(49-26-11-13-28-51(49)62)44-35-36-56-59(40-44)65-58-34-18-33-57(64(56)58)63-54-31-16-14-29-52(54)60(43-23-8-3-9-24-43)53-30-15-17-32-55(53)63/h1-40H. The molecule has 13 aromatic rings. The first-order valence-electron chi connectivity index (χ1n) is 22.4. The Kier molecular flexibility index (Phi) is 8.60. The fourth-order valence-electron chi connectivity index (χ4n) is 10.6. The summed E-state index contributed by atoms with van der Waals surface area (Å²) in [5.74, 6) is 0. The van der Waals surface area contributed by atoms with E-state index in [-0.39, 0.29) is 0 Å². The lowest BCUT2D eigenvalue weighted by Gasteiger charge is -2.19. The fraction of sp³-hybridized carbons (Fsp3) is 0. The second-order valence-corrected chi connectivity index (χ2v) is 17.1. The third-order valence-electron chi connectivity index (χ3n) is 13.4. The largest absolute Gasteiger partial charge is 0.456 e. The molecule has 0 spiro atoms. The highest BCUT2D eigenvalue weighted by molar-refractivity contribution is 6.26. The van der Waals surface area contributed by atoms with Crippen molar-refractivity contribution < 1.29 is 4.42 Å². The second kappa shape index (κ2) is 15.1. The molecule has 0 atom stereocenters. The van der Waals surface area contributed by atoms with Gasteiger partial charge in [0.2, 0.25) is 0 Å². The molecule has 0 N–H and O–H groups in total. The van der Waals surface area contributed by atoms with Crippen molar-refractivity contribution in [3.63, 3.8) is 0 Å². The van der Waals surface area contributed by atoms with Crippen molar-refractivity contribution in [2.24, 2.45) is 0 Å². The topological polar surface area (TPSA) is 13.1 Å². The number of hydrogen-bond acceptors (Lipinski definition) is 1. The van der Waals surface area contributed by atoms with Crippen LogP contribution in [-0.2, 0) is 0 Å². The smallest absolute Gasteiger partial charge is 0.136 e. The van der Waals surface area contributed by atoms with Crippen LogP contribution in [0.2, 0.25) is 0 Å². The van der Waals surface area contributed by atoms with Crippen molar-refractivity contribution in [2.45, 2.75) is 0 Å². The van der Waals surface area contributed by atoms with Gasteiger partial charge in [-0.1, -0.05) is 206 Å². The fourth-order valence-corrected chi connectivity index (χ4v) is 10.6. The van der Waals surface area contributed by atoms with Gasteiger partial charge in [0, 0.05) is 10.8 Å². The lowest BCUT2D eigenvalue weighted by atomic mass is 9.84. The lowest BCUT2D eigenvalue weighted by molar-refractivity contribution is 0.669. The van der Waals surface area contributed by atoms with Crippen LogP contribution in [0.4, 0.5) is 0 Å². The van der Waals surface area contributed by atoms with Crippen LogP contribution in [0.5, 0.6) is 0 Å². The number of rotatable bonds is 6. The summed E-state index contributed by atoms with van der Waals surface area (Å²) in [4.78, 5) is 0. The molecule has 0 bridgehead atoms. The first-order chi connectivity index (χ1) is 32.3. The van der Waals surface area contributed by atoms with Gasteiger partial charge in [0.1, 0.15) is 11.2 Å². The molecular weight excluding hydrogens is 785 g/mol. The van der Waals surface area contributed by atoms with Crippen molar-refractivity contribution in [1.29, 1.82) is 0 Å². The van der Waals surface area contributed by atoms with E-state index in [0.717, 1.165) is 27.5 Å². The van der Waals surface area contributed by atoms with E-state index in [1.54, 1.807) is 0 Å². The van der Waals surface area contributed by atoms with Crippen LogP contribution in [0, 0.1) is 0 Å². The Labute approximate surface area is 377 Å². The highest BCUT2D eigenvalue weighted by Crippen LogP contribution is 2.49. The molecule has 0 saturated heterocycles. The molecule has 65 heavy (non-hydrogen) atoms. The first kappa shape index (κ1) is 37.1. The molecule has 0 aliphatic heterocycles. The summed E-state index contributed by atoms with van der Waals surface area (Å²) >= 11 is 0. The zero-order valence-electron chi connectivity index (χ0n) is 35.5. The summed E-state index contributed by atoms with van der Waals surface area (Å²) in [5.41, 5.74) is 16.2. The van der Waals surface area contributed by atoms with E-state index in [0.29, 0.717) is 0 Å². The Morgan fingerprint density at radius 1 is 0.200 bits per heavy atom. The zero-order valence-corrected chi connectivity index (χ0v) is 35.5. The van der Waals surface area contributed by atoms with Gasteiger partial charge in [0.05, 0.1) is 0 Å². The quantitative estimate of drug-likeness (QED) is 0.152. The highest BCUT2D eigenvalue weighted by Gasteiger charge is 2.22. The van der Waals surface area contributed by atoms with E-state index >= 15 is 0 Å². The molecule has 1 heterocycles. The maximum absolute atomic E-state index is 6.92. The molecule has 0 saturated carbocycles. The molecule has 13 rings (SSSR count). The number of benzene rings is 12. The van der Waals surface area contributed by atoms with Gasteiger partial charge in [-0.2, -0.15) is 0 Å². The predicted molar refractivity (Wildman–Crippen MR) is 276 cm³/mol. The molecule has 0 aliphatic rings. The Morgan fingerprint density at radius 3 is 1.06 bits per heavy atom. The summed E-state index contributed by atoms with van der Waals surface area (Å²) in [7, 11) is 0. The third kappa shape index (κ3) is 6.01. The van der Waals surface area contributed by atoms with E-state index in [4.69, 9.17) is 4.42 Å². The van der Waals surface area contributed by atoms with Crippen LogP contribution in [0.3, 0.4) is 0 Å². The number of hydrogen-bond donors (Lipinski definition) is 0. The number of fused-ring (bicyclic) bond motifs is 7. The monoisotopic (exact) mass is 824 g/mol. The molecule has 0 aliphatic carbocycles. The minimum absolute atomic E-state index is 0.875. The van der Waals surface area contributed by atoms with Gasteiger partial charge in [-0.3, -0.25) is 0 Å². The molecule has 1 heteroatoms. The van der Waals surface area contributed by atoms with E-state index < -0.39 is 0 Å². The lowest BCUT2D eigenvalue weighted by Crippen LogP contribution is -1.92. The summed E-state index contributed by atoms with van der Waals surface area (Å²) in [6.07, 6.45) is 0. The van der Waals surface area contributed by atoms with Gasteiger partial charge < -0.3 is 4.42 Å². The number of furan rings is 1. The van der Waals surface area contributed by atoms with Crippen molar-refractivity contribution in [1.82, 2.24) is 0 Å². The second-order valence-electron chi connectivity index (χ2n) is 17.1. The predicted octanol–water partition coefficient (Wildman–Crippen LogP) is 18.2. The summed E-state index contributed by atoms with van der Waals surface area (Å²) in [5, 5.41) is 12.0. The highest BCUT2D eigenvalue weighted by atomic mass is 16.3. The van der Waals surface area contributed by atoms with E-state index in [1.165, 1.54) is 104 Å². The van der Waals surface area contributed by atoms with E-state index in [9.17, 15) is 0 Å². The summed E-state index contributed by atoms with van der Waals surface area (Å²) in [6, 6.07) is 88.3. The van der Waals surface area contributed by atoms with Crippen molar-refractivity contribution in [3.05, 3.63) is 243 Å². The van der Waals surface area contributed by atoms with Crippen LogP contribution >= 0.6 is 0 Å². The molecule has 0 radical (unpaired) electrons. The Hall–Kier alpha value is -8.52. The zero-order chi connectivity index (χ0) is 42.8. The van der Waals surface area contributed by atoms with Crippen molar-refractivity contribution in [2.75, 3.05) is 0 Å². The molecule has 1 aromatic heterocycles. The summed E-state index contributed by atoms with van der Waals surface area (Å²) < 4.78 is 6.92. The average molecular weight is 825 g/mol. The van der Waals surface area contributed by atoms with Crippen LogP contribution in [0.25, 0.3) is 132 Å². The Morgan fingerprint density at radius 2 is 0.585 bits per heavy atom. The van der Waals surface area contributed by atoms with Gasteiger partial charge in [-0.15, -0.1) is 0 Å². The SMILES string of the molecule is c1ccc(-c2cc(-c3ccccc3)cc(-c3c4ccccc4c(-c4ccc5c(c4)oc4cccc(-c6c7ccccc7c(-c7ccccc7)c7ccccc67)c45)c4ccccc34)c2)cc1. The van der Waals surface area contributed by atoms with Gasteiger partial charge in [-0.25, -0.2) is 0 Å². The molecular formula is C64H40O. The van der Waals surface area contributed by atoms with Crippen LogP contribution in [0.1, 0.15) is 0 Å². The molecule has 0 fully saturated rings. The van der Waals surface area contributed by atoms with Crippen LogP contribution in [0.15, 0.2) is 247 Å². The van der Waals surface area contributed by atoms with E-state index in [1.807, 2.05) is 0 Å².